The summed E-state index contributed by atoms with van der Waals surface area (Å²) in [6, 6.07) is 15.6. The molecular weight excluding hydrogens is 228 g/mol. The molecule has 3 heteroatoms. The molecule has 16 heavy (non-hydrogen) atoms. The largest absolute Gasteiger partial charge is 0.289 e. The highest BCUT2D eigenvalue weighted by atomic mass is 28.2. The topological polar surface area (TPSA) is 17.1 Å². The molecule has 0 aliphatic rings. The van der Waals surface area contributed by atoms with E-state index in [9.17, 15) is 4.79 Å². The van der Waals surface area contributed by atoms with Crippen molar-refractivity contribution in [3.63, 3.8) is 0 Å². The molecule has 0 amide bonds. The van der Waals surface area contributed by atoms with Gasteiger partial charge in [-0.25, -0.2) is 0 Å². The monoisotopic (exact) mass is 242 g/mol. The summed E-state index contributed by atoms with van der Waals surface area (Å²) in [5.74, 6) is 0.156. The molecule has 0 aliphatic heterocycles. The van der Waals surface area contributed by atoms with Gasteiger partial charge in [-0.15, -0.1) is 0 Å². The number of carbonyl (C=O) groups excluding carboxylic acids is 1. The standard InChI is InChI=1S/C13H14OSi2/c14-12(9-5-2-1-3-6-9)10-7-4-8-11(15)13(10)16/h1-8H,15-16H3. The van der Waals surface area contributed by atoms with Crippen LogP contribution in [0, 0.1) is 0 Å². The van der Waals surface area contributed by atoms with Crippen LogP contribution >= 0.6 is 0 Å². The zero-order chi connectivity index (χ0) is 11.5. The van der Waals surface area contributed by atoms with E-state index in [1.54, 1.807) is 0 Å². The molecule has 0 N–H and O–H groups in total. The van der Waals surface area contributed by atoms with Gasteiger partial charge in [-0.3, -0.25) is 4.79 Å². The lowest BCUT2D eigenvalue weighted by Gasteiger charge is -2.07. The molecule has 1 nitrogen and oxygen atoms in total. The predicted molar refractivity (Wildman–Crippen MR) is 75.5 cm³/mol. The number of ketones is 1. The van der Waals surface area contributed by atoms with E-state index in [0.29, 0.717) is 0 Å². The van der Waals surface area contributed by atoms with Gasteiger partial charge in [-0.1, -0.05) is 58.9 Å². The van der Waals surface area contributed by atoms with Crippen LogP contribution in [-0.4, -0.2) is 26.3 Å². The van der Waals surface area contributed by atoms with Crippen LogP contribution in [-0.2, 0) is 0 Å². The van der Waals surface area contributed by atoms with Crippen molar-refractivity contribution in [2.45, 2.75) is 0 Å². The van der Waals surface area contributed by atoms with E-state index in [2.05, 4.69) is 6.07 Å². The summed E-state index contributed by atoms with van der Waals surface area (Å²) in [6.45, 7) is 0. The molecule has 0 fully saturated rings. The molecule has 0 atom stereocenters. The second-order valence-corrected chi connectivity index (χ2v) is 6.02. The van der Waals surface area contributed by atoms with E-state index in [-0.39, 0.29) is 5.78 Å². The lowest BCUT2D eigenvalue weighted by molar-refractivity contribution is 0.104. The van der Waals surface area contributed by atoms with Gasteiger partial charge in [0.1, 0.15) is 0 Å². The van der Waals surface area contributed by atoms with E-state index in [4.69, 9.17) is 0 Å². The minimum Gasteiger partial charge on any atom is -0.289 e. The third kappa shape index (κ3) is 2.05. The summed E-state index contributed by atoms with van der Waals surface area (Å²) in [5.41, 5.74) is 1.68. The molecule has 0 heterocycles. The highest BCUT2D eigenvalue weighted by Gasteiger charge is 2.11. The first-order chi connectivity index (χ1) is 7.70. The first kappa shape index (κ1) is 11.0. The summed E-state index contributed by atoms with van der Waals surface area (Å²) in [5, 5.41) is 2.62. The summed E-state index contributed by atoms with van der Waals surface area (Å²) in [6.07, 6.45) is 0. The zero-order valence-corrected chi connectivity index (χ0v) is 13.5. The molecule has 2 aromatic carbocycles. The fourth-order valence-corrected chi connectivity index (χ4v) is 2.76. The molecular formula is C13H14OSi2. The normalized spacial score (nSPS) is 10.5. The molecule has 0 saturated carbocycles. The number of rotatable bonds is 2. The van der Waals surface area contributed by atoms with Gasteiger partial charge in [0.05, 0.1) is 0 Å². The Bertz CT molecular complexity index is 521. The summed E-state index contributed by atoms with van der Waals surface area (Å²) in [4.78, 5) is 12.3. The van der Waals surface area contributed by atoms with Gasteiger partial charge in [-0.05, 0) is 0 Å². The Kier molecular flexibility index (Phi) is 3.17. The average molecular weight is 242 g/mol. The first-order valence-corrected chi connectivity index (χ1v) is 7.36. The highest BCUT2D eigenvalue weighted by molar-refractivity contribution is 6.51. The maximum absolute atomic E-state index is 12.3. The van der Waals surface area contributed by atoms with E-state index in [0.717, 1.165) is 31.6 Å². The van der Waals surface area contributed by atoms with Crippen molar-refractivity contribution in [1.29, 1.82) is 0 Å². The second-order valence-electron chi connectivity index (χ2n) is 3.94. The zero-order valence-electron chi connectivity index (χ0n) is 9.53. The Balaban J connectivity index is 2.46. The van der Waals surface area contributed by atoms with Crippen molar-refractivity contribution in [3.8, 4) is 0 Å². The smallest absolute Gasteiger partial charge is 0.192 e. The quantitative estimate of drug-likeness (QED) is 0.483. The van der Waals surface area contributed by atoms with Gasteiger partial charge < -0.3 is 0 Å². The van der Waals surface area contributed by atoms with Crippen LogP contribution in [0.25, 0.3) is 0 Å². The van der Waals surface area contributed by atoms with Crippen LogP contribution in [0.5, 0.6) is 0 Å². The van der Waals surface area contributed by atoms with Crippen molar-refractivity contribution in [2.75, 3.05) is 0 Å². The van der Waals surface area contributed by atoms with Gasteiger partial charge in [-0.2, -0.15) is 0 Å². The van der Waals surface area contributed by atoms with E-state index < -0.39 is 0 Å². The Labute approximate surface area is 101 Å². The van der Waals surface area contributed by atoms with Crippen LogP contribution < -0.4 is 10.4 Å². The van der Waals surface area contributed by atoms with Gasteiger partial charge in [0, 0.05) is 31.6 Å². The Morgan fingerprint density at radius 1 is 0.875 bits per heavy atom. The maximum Gasteiger partial charge on any atom is 0.192 e. The second kappa shape index (κ2) is 4.59. The van der Waals surface area contributed by atoms with E-state index >= 15 is 0 Å². The minimum atomic E-state index is 0.156. The van der Waals surface area contributed by atoms with Crippen molar-refractivity contribution in [1.82, 2.24) is 0 Å². The third-order valence-corrected chi connectivity index (χ3v) is 6.30. The highest BCUT2D eigenvalue weighted by Crippen LogP contribution is 2.06. The fraction of sp³-hybridized carbons (Fsp3) is 0. The summed E-state index contributed by atoms with van der Waals surface area (Å²) >= 11 is 0. The molecule has 2 aromatic rings. The lowest BCUT2D eigenvalue weighted by Crippen LogP contribution is -2.31. The van der Waals surface area contributed by atoms with E-state index in [1.165, 1.54) is 10.4 Å². The van der Waals surface area contributed by atoms with Crippen molar-refractivity contribution in [3.05, 3.63) is 59.7 Å². The SMILES string of the molecule is O=C(c1ccccc1)c1cccc([SiH3])c1[SiH3]. The lowest BCUT2D eigenvalue weighted by atomic mass is 10.0. The Morgan fingerprint density at radius 2 is 1.56 bits per heavy atom. The number of hydrogen-bond donors (Lipinski definition) is 0. The number of hydrogen-bond acceptors (Lipinski definition) is 1. The average Bonchev–Trinajstić information content (AvgIpc) is 2.33. The van der Waals surface area contributed by atoms with Crippen LogP contribution in [0.15, 0.2) is 48.5 Å². The molecule has 0 aliphatic carbocycles. The molecule has 0 aromatic heterocycles. The van der Waals surface area contributed by atoms with Crippen LogP contribution in [0.2, 0.25) is 0 Å². The summed E-state index contributed by atoms with van der Waals surface area (Å²) < 4.78 is 0. The summed E-state index contributed by atoms with van der Waals surface area (Å²) in [7, 11) is 1.96. The fourth-order valence-electron chi connectivity index (χ4n) is 1.74. The molecule has 80 valence electrons. The van der Waals surface area contributed by atoms with Crippen LogP contribution in [0.3, 0.4) is 0 Å². The van der Waals surface area contributed by atoms with E-state index in [1.807, 2.05) is 42.5 Å². The minimum absolute atomic E-state index is 0.156. The molecule has 0 spiro atoms. The van der Waals surface area contributed by atoms with Gasteiger partial charge in [0.25, 0.3) is 0 Å². The molecule has 0 radical (unpaired) electrons. The number of carbonyl (C=O) groups is 1. The molecule has 2 rings (SSSR count). The third-order valence-electron chi connectivity index (χ3n) is 2.89. The molecule has 0 saturated heterocycles. The number of benzene rings is 2. The van der Waals surface area contributed by atoms with Gasteiger partial charge in [0.15, 0.2) is 5.78 Å². The first-order valence-electron chi connectivity index (χ1n) is 5.36. The van der Waals surface area contributed by atoms with Crippen molar-refractivity contribution >= 4 is 36.6 Å². The van der Waals surface area contributed by atoms with Gasteiger partial charge in [0.2, 0.25) is 0 Å². The van der Waals surface area contributed by atoms with Crippen LogP contribution in [0.1, 0.15) is 15.9 Å². The van der Waals surface area contributed by atoms with Crippen molar-refractivity contribution < 1.29 is 4.79 Å². The van der Waals surface area contributed by atoms with Crippen molar-refractivity contribution in [2.24, 2.45) is 0 Å². The Morgan fingerprint density at radius 3 is 2.25 bits per heavy atom. The predicted octanol–water partition coefficient (Wildman–Crippen LogP) is -1.10. The molecule has 0 bridgehead atoms. The molecule has 0 unspecified atom stereocenters. The van der Waals surface area contributed by atoms with Gasteiger partial charge >= 0.3 is 0 Å². The maximum atomic E-state index is 12.3. The Hall–Kier alpha value is -1.46. The van der Waals surface area contributed by atoms with Crippen LogP contribution in [0.4, 0.5) is 0 Å².